The Bertz CT molecular complexity index is 990. The van der Waals surface area contributed by atoms with Crippen LogP contribution in [0, 0.1) is 11.3 Å². The summed E-state index contributed by atoms with van der Waals surface area (Å²) in [5, 5.41) is 12.6. The van der Waals surface area contributed by atoms with Crippen molar-refractivity contribution < 1.29 is 33.8 Å². The summed E-state index contributed by atoms with van der Waals surface area (Å²) in [7, 11) is 1.52. The second kappa shape index (κ2) is 8.74. The van der Waals surface area contributed by atoms with Crippen LogP contribution in [0.3, 0.4) is 0 Å². The Morgan fingerprint density at radius 2 is 1.94 bits per heavy atom. The average Bonchev–Trinajstić information content (AvgIpc) is 3.07. The smallest absolute Gasteiger partial charge is 0.358 e. The van der Waals surface area contributed by atoms with Crippen LogP contribution in [0.4, 0.5) is 0 Å². The zero-order chi connectivity index (χ0) is 23.8. The van der Waals surface area contributed by atoms with Crippen molar-refractivity contribution in [3.8, 4) is 0 Å². The van der Waals surface area contributed by atoms with Crippen LogP contribution in [0.15, 0.2) is 30.0 Å². The number of esters is 2. The second-order valence-corrected chi connectivity index (χ2v) is 8.96. The van der Waals surface area contributed by atoms with E-state index < -0.39 is 36.2 Å². The van der Waals surface area contributed by atoms with E-state index in [1.54, 1.807) is 45.0 Å². The van der Waals surface area contributed by atoms with Crippen LogP contribution in [-0.2, 0) is 23.9 Å². The van der Waals surface area contributed by atoms with E-state index in [4.69, 9.17) is 9.47 Å². The standard InChI is InChI=1S/C23H28N2O7/c1-12(26)17-16-10-15(13-7-6-8-14(9-13)19(27)24-5)18(25(16)20(17)28)21(29)31-11-32-22(30)23(2,3)4/h6-9,12,16-17,26H,10-11H2,1-5H3,(H,24,27). The van der Waals surface area contributed by atoms with Crippen molar-refractivity contribution in [3.05, 3.63) is 41.1 Å². The van der Waals surface area contributed by atoms with E-state index >= 15 is 0 Å². The number of ether oxygens (including phenoxy) is 2. The molecule has 2 aliphatic rings. The fourth-order valence-corrected chi connectivity index (χ4v) is 3.93. The van der Waals surface area contributed by atoms with Crippen molar-refractivity contribution in [2.45, 2.75) is 46.3 Å². The van der Waals surface area contributed by atoms with Crippen molar-refractivity contribution in [1.82, 2.24) is 10.2 Å². The lowest BCUT2D eigenvalue weighted by molar-refractivity contribution is -0.175. The van der Waals surface area contributed by atoms with Gasteiger partial charge in [0, 0.05) is 12.6 Å². The van der Waals surface area contributed by atoms with Crippen LogP contribution >= 0.6 is 0 Å². The minimum Gasteiger partial charge on any atom is -0.427 e. The molecule has 1 saturated heterocycles. The van der Waals surface area contributed by atoms with Crippen LogP contribution in [0.5, 0.6) is 0 Å². The Hall–Kier alpha value is -3.20. The summed E-state index contributed by atoms with van der Waals surface area (Å²) in [4.78, 5) is 50.9. The fraction of sp³-hybridized carbons (Fsp3) is 0.478. The molecule has 2 heterocycles. The van der Waals surface area contributed by atoms with E-state index in [1.807, 2.05) is 0 Å². The van der Waals surface area contributed by atoms with E-state index in [0.717, 1.165) is 0 Å². The molecule has 9 nitrogen and oxygen atoms in total. The van der Waals surface area contributed by atoms with Gasteiger partial charge in [-0.15, -0.1) is 0 Å². The van der Waals surface area contributed by atoms with Gasteiger partial charge in [0.2, 0.25) is 12.7 Å². The molecule has 0 aliphatic carbocycles. The maximum atomic E-state index is 12.9. The second-order valence-electron chi connectivity index (χ2n) is 8.96. The Kier molecular flexibility index (Phi) is 6.41. The normalized spacial score (nSPS) is 20.9. The highest BCUT2D eigenvalue weighted by molar-refractivity contribution is 6.07. The first kappa shape index (κ1) is 23.5. The first-order chi connectivity index (χ1) is 15.0. The van der Waals surface area contributed by atoms with Crippen LogP contribution in [0.25, 0.3) is 5.57 Å². The maximum absolute atomic E-state index is 12.9. The van der Waals surface area contributed by atoms with Gasteiger partial charge in [0.15, 0.2) is 0 Å². The Morgan fingerprint density at radius 1 is 1.25 bits per heavy atom. The Labute approximate surface area is 186 Å². The van der Waals surface area contributed by atoms with Gasteiger partial charge in [-0.3, -0.25) is 14.4 Å². The van der Waals surface area contributed by atoms with E-state index in [2.05, 4.69) is 5.32 Å². The molecule has 1 aromatic rings. The molecule has 0 radical (unpaired) electrons. The van der Waals surface area contributed by atoms with Gasteiger partial charge in [-0.25, -0.2) is 4.79 Å². The zero-order valence-corrected chi connectivity index (χ0v) is 18.8. The molecule has 3 rings (SSSR count). The van der Waals surface area contributed by atoms with E-state index in [1.165, 1.54) is 18.9 Å². The lowest BCUT2D eigenvalue weighted by atomic mass is 9.82. The van der Waals surface area contributed by atoms with Gasteiger partial charge in [0.25, 0.3) is 5.91 Å². The predicted octanol–water partition coefficient (Wildman–Crippen LogP) is 1.46. The van der Waals surface area contributed by atoms with Gasteiger partial charge >= 0.3 is 11.9 Å². The van der Waals surface area contributed by atoms with Gasteiger partial charge in [0.05, 0.1) is 23.5 Å². The summed E-state index contributed by atoms with van der Waals surface area (Å²) in [6.45, 7) is 5.97. The number of hydrogen-bond acceptors (Lipinski definition) is 7. The number of carbonyl (C=O) groups excluding carboxylic acids is 4. The van der Waals surface area contributed by atoms with Gasteiger partial charge < -0.3 is 24.8 Å². The molecule has 2 aliphatic heterocycles. The summed E-state index contributed by atoms with van der Waals surface area (Å²) in [5.41, 5.74) is 0.809. The predicted molar refractivity (Wildman–Crippen MR) is 114 cm³/mol. The highest BCUT2D eigenvalue weighted by Gasteiger charge is 2.57. The minimum atomic E-state index is -0.870. The summed E-state index contributed by atoms with van der Waals surface area (Å²) in [6, 6.07) is 6.31. The summed E-state index contributed by atoms with van der Waals surface area (Å²) in [6.07, 6.45) is -0.546. The van der Waals surface area contributed by atoms with Gasteiger partial charge in [-0.1, -0.05) is 12.1 Å². The van der Waals surface area contributed by atoms with E-state index in [9.17, 15) is 24.3 Å². The fourth-order valence-electron chi connectivity index (χ4n) is 3.93. The first-order valence-electron chi connectivity index (χ1n) is 10.4. The number of hydrogen-bond donors (Lipinski definition) is 2. The summed E-state index contributed by atoms with van der Waals surface area (Å²) in [5.74, 6) is -2.63. The number of nitrogens with zero attached hydrogens (tertiary/aromatic N) is 1. The molecule has 0 saturated carbocycles. The highest BCUT2D eigenvalue weighted by Crippen LogP contribution is 2.47. The maximum Gasteiger partial charge on any atom is 0.358 e. The van der Waals surface area contributed by atoms with Crippen LogP contribution in [0.1, 0.15) is 50.0 Å². The number of benzene rings is 1. The average molecular weight is 444 g/mol. The molecule has 3 unspecified atom stereocenters. The molecule has 1 aromatic carbocycles. The molecule has 0 bridgehead atoms. The molecule has 172 valence electrons. The van der Waals surface area contributed by atoms with Crippen LogP contribution < -0.4 is 5.32 Å². The number of nitrogens with one attached hydrogen (secondary N) is 1. The monoisotopic (exact) mass is 444 g/mol. The van der Waals surface area contributed by atoms with Crippen molar-refractivity contribution in [1.29, 1.82) is 0 Å². The molecule has 32 heavy (non-hydrogen) atoms. The molecule has 2 amide bonds. The number of β-lactam (4-membered cyclic amide) rings is 1. The summed E-state index contributed by atoms with van der Waals surface area (Å²) < 4.78 is 10.2. The van der Waals surface area contributed by atoms with E-state index in [-0.39, 0.29) is 23.6 Å². The van der Waals surface area contributed by atoms with Crippen molar-refractivity contribution >= 4 is 29.3 Å². The minimum absolute atomic E-state index is 0.0396. The molecule has 1 fully saturated rings. The number of amides is 2. The van der Waals surface area contributed by atoms with Gasteiger partial charge in [-0.2, -0.15) is 0 Å². The van der Waals surface area contributed by atoms with Crippen LogP contribution in [-0.4, -0.2) is 59.7 Å². The van der Waals surface area contributed by atoms with Crippen molar-refractivity contribution in [2.75, 3.05) is 13.8 Å². The third-order valence-electron chi connectivity index (χ3n) is 5.61. The number of rotatable bonds is 6. The number of aliphatic hydroxyl groups excluding tert-OH is 1. The van der Waals surface area contributed by atoms with Crippen LogP contribution in [0.2, 0.25) is 0 Å². The molecule has 0 spiro atoms. The largest absolute Gasteiger partial charge is 0.427 e. The quantitative estimate of drug-likeness (QED) is 0.387. The Balaban J connectivity index is 1.90. The molecule has 0 aromatic heterocycles. The first-order valence-corrected chi connectivity index (χ1v) is 10.4. The topological polar surface area (TPSA) is 122 Å². The third kappa shape index (κ3) is 4.25. The molecule has 2 N–H and O–H groups in total. The summed E-state index contributed by atoms with van der Waals surface area (Å²) >= 11 is 0. The SMILES string of the molecule is CNC(=O)c1cccc(C2=C(C(=O)OCOC(=O)C(C)(C)C)N3C(=O)C(C(C)O)C3C2)c1. The van der Waals surface area contributed by atoms with Gasteiger partial charge in [0.1, 0.15) is 5.70 Å². The lowest BCUT2D eigenvalue weighted by Crippen LogP contribution is -2.61. The molecule has 3 atom stereocenters. The van der Waals surface area contributed by atoms with E-state index in [0.29, 0.717) is 23.1 Å². The van der Waals surface area contributed by atoms with Gasteiger partial charge in [-0.05, 0) is 57.4 Å². The van der Waals surface area contributed by atoms with Crippen molar-refractivity contribution in [2.24, 2.45) is 11.3 Å². The molecular weight excluding hydrogens is 416 g/mol. The third-order valence-corrected chi connectivity index (χ3v) is 5.61. The van der Waals surface area contributed by atoms with Crippen molar-refractivity contribution in [3.63, 3.8) is 0 Å². The lowest BCUT2D eigenvalue weighted by Gasteiger charge is -2.44. The molecule has 9 heteroatoms. The highest BCUT2D eigenvalue weighted by atomic mass is 16.7. The number of aliphatic hydroxyl groups is 1. The number of carbonyl (C=O) groups is 4. The Morgan fingerprint density at radius 3 is 2.53 bits per heavy atom. The zero-order valence-electron chi connectivity index (χ0n) is 18.8. The molecular formula is C23H28N2O7. The number of fused-ring (bicyclic) bond motifs is 1.